The fourth-order valence-corrected chi connectivity index (χ4v) is 2.66. The van der Waals surface area contributed by atoms with Crippen molar-refractivity contribution in [3.63, 3.8) is 0 Å². The van der Waals surface area contributed by atoms with Crippen LogP contribution in [0.1, 0.15) is 71.8 Å². The van der Waals surface area contributed by atoms with Gasteiger partial charge in [0, 0.05) is 6.42 Å². The molecule has 1 heterocycles. The molecule has 0 bridgehead atoms. The van der Waals surface area contributed by atoms with Crippen molar-refractivity contribution in [3.05, 3.63) is 23.7 Å². The van der Waals surface area contributed by atoms with E-state index in [1.54, 1.807) is 46.8 Å². The van der Waals surface area contributed by atoms with Gasteiger partial charge in [0.2, 0.25) is 0 Å². The summed E-state index contributed by atoms with van der Waals surface area (Å²) < 4.78 is 21.3. The third-order valence-corrected chi connectivity index (χ3v) is 3.84. The summed E-state index contributed by atoms with van der Waals surface area (Å²) in [4.78, 5) is 38.0. The molecule has 1 aromatic rings. The molecule has 1 rings (SSSR count). The summed E-state index contributed by atoms with van der Waals surface area (Å²) in [5.74, 6) is -4.35. The molecule has 28 heavy (non-hydrogen) atoms. The van der Waals surface area contributed by atoms with Crippen LogP contribution in [-0.2, 0) is 35.0 Å². The third kappa shape index (κ3) is 7.02. The van der Waals surface area contributed by atoms with Gasteiger partial charge >= 0.3 is 17.9 Å². The molecule has 158 valence electrons. The standard InChI is InChI=1S/C21H32O7/c1-7-10-11-14-12-13-15(27-14)16(20(24)28-21(4,5)6)17(18(22)25-8-2)19(23)26-9-3/h12-13,16-17H,7-11H2,1-6H3/t16-/m1/s1. The van der Waals surface area contributed by atoms with Gasteiger partial charge in [-0.15, -0.1) is 0 Å². The van der Waals surface area contributed by atoms with Gasteiger partial charge in [-0.25, -0.2) is 0 Å². The molecule has 0 radical (unpaired) electrons. The Hall–Kier alpha value is -2.31. The number of rotatable bonds is 10. The Morgan fingerprint density at radius 2 is 1.54 bits per heavy atom. The summed E-state index contributed by atoms with van der Waals surface area (Å²) in [7, 11) is 0. The molecule has 7 heteroatoms. The molecular weight excluding hydrogens is 364 g/mol. The molecular formula is C21H32O7. The van der Waals surface area contributed by atoms with Gasteiger partial charge in [-0.1, -0.05) is 13.3 Å². The maximum absolute atomic E-state index is 12.9. The molecule has 1 aromatic heterocycles. The molecule has 1 atom stereocenters. The van der Waals surface area contributed by atoms with Gasteiger partial charge in [-0.2, -0.15) is 0 Å². The van der Waals surface area contributed by atoms with E-state index in [1.807, 2.05) is 0 Å². The quantitative estimate of drug-likeness (QED) is 0.337. The molecule has 0 aliphatic heterocycles. The van der Waals surface area contributed by atoms with Crippen molar-refractivity contribution in [2.24, 2.45) is 5.92 Å². The van der Waals surface area contributed by atoms with Crippen molar-refractivity contribution in [1.29, 1.82) is 0 Å². The van der Waals surface area contributed by atoms with Gasteiger partial charge in [-0.3, -0.25) is 14.4 Å². The van der Waals surface area contributed by atoms with E-state index in [-0.39, 0.29) is 19.0 Å². The van der Waals surface area contributed by atoms with Crippen molar-refractivity contribution in [2.45, 2.75) is 72.3 Å². The third-order valence-electron chi connectivity index (χ3n) is 3.84. The van der Waals surface area contributed by atoms with E-state index in [9.17, 15) is 14.4 Å². The molecule has 0 fully saturated rings. The van der Waals surface area contributed by atoms with E-state index < -0.39 is 35.3 Å². The molecule has 0 unspecified atom stereocenters. The maximum Gasteiger partial charge on any atom is 0.321 e. The van der Waals surface area contributed by atoms with E-state index in [1.165, 1.54) is 0 Å². The summed E-state index contributed by atoms with van der Waals surface area (Å²) >= 11 is 0. The predicted molar refractivity (Wildman–Crippen MR) is 103 cm³/mol. The van der Waals surface area contributed by atoms with Crippen LogP contribution in [0.3, 0.4) is 0 Å². The monoisotopic (exact) mass is 396 g/mol. The lowest BCUT2D eigenvalue weighted by atomic mass is 9.89. The SMILES string of the molecule is CCCCc1ccc([C@@H](C(=O)OC(C)(C)C)C(C(=O)OCC)C(=O)OCC)o1. The lowest BCUT2D eigenvalue weighted by Crippen LogP contribution is -2.39. The summed E-state index contributed by atoms with van der Waals surface area (Å²) in [5, 5.41) is 0. The minimum atomic E-state index is -1.50. The van der Waals surface area contributed by atoms with E-state index in [2.05, 4.69) is 6.92 Å². The number of esters is 3. The van der Waals surface area contributed by atoms with Crippen LogP contribution in [0.2, 0.25) is 0 Å². The van der Waals surface area contributed by atoms with Gasteiger partial charge in [0.25, 0.3) is 0 Å². The summed E-state index contributed by atoms with van der Waals surface area (Å²) in [6, 6.07) is 3.35. The molecule has 0 aliphatic carbocycles. The smallest absolute Gasteiger partial charge is 0.321 e. The Balaban J connectivity index is 3.35. The Kier molecular flexibility index (Phi) is 9.22. The molecule has 0 aliphatic rings. The lowest BCUT2D eigenvalue weighted by molar-refractivity contribution is -0.172. The molecule has 0 saturated carbocycles. The Morgan fingerprint density at radius 3 is 2.00 bits per heavy atom. The first-order chi connectivity index (χ1) is 13.1. The lowest BCUT2D eigenvalue weighted by Gasteiger charge is -2.26. The van der Waals surface area contributed by atoms with E-state index in [0.29, 0.717) is 12.2 Å². The summed E-state index contributed by atoms with van der Waals surface area (Å²) in [5.41, 5.74) is -0.805. The number of unbranched alkanes of at least 4 members (excludes halogenated alkanes) is 1. The number of hydrogen-bond donors (Lipinski definition) is 0. The van der Waals surface area contributed by atoms with Gasteiger partial charge in [0.05, 0.1) is 13.2 Å². The van der Waals surface area contributed by atoms with Crippen LogP contribution in [0.5, 0.6) is 0 Å². The van der Waals surface area contributed by atoms with Crippen LogP contribution in [0, 0.1) is 5.92 Å². The van der Waals surface area contributed by atoms with Crippen molar-refractivity contribution >= 4 is 17.9 Å². The minimum Gasteiger partial charge on any atom is -0.465 e. The zero-order chi connectivity index (χ0) is 21.3. The molecule has 0 saturated heterocycles. The average Bonchev–Trinajstić information content (AvgIpc) is 3.04. The van der Waals surface area contributed by atoms with Crippen LogP contribution in [0.25, 0.3) is 0 Å². The topological polar surface area (TPSA) is 92.0 Å². The van der Waals surface area contributed by atoms with Crippen LogP contribution in [0.15, 0.2) is 16.5 Å². The van der Waals surface area contributed by atoms with Crippen molar-refractivity contribution in [1.82, 2.24) is 0 Å². The normalized spacial score (nSPS) is 12.5. The highest BCUT2D eigenvalue weighted by atomic mass is 16.6. The average molecular weight is 396 g/mol. The fraction of sp³-hybridized carbons (Fsp3) is 0.667. The molecule has 0 N–H and O–H groups in total. The number of carbonyl (C=O) groups excluding carboxylic acids is 3. The Bertz CT molecular complexity index is 636. The van der Waals surface area contributed by atoms with Crippen molar-refractivity contribution in [3.8, 4) is 0 Å². The second-order valence-corrected chi connectivity index (χ2v) is 7.40. The van der Waals surface area contributed by atoms with E-state index >= 15 is 0 Å². The van der Waals surface area contributed by atoms with Gasteiger partial charge < -0.3 is 18.6 Å². The van der Waals surface area contributed by atoms with Crippen LogP contribution in [0.4, 0.5) is 0 Å². The first kappa shape index (κ1) is 23.7. The number of hydrogen-bond acceptors (Lipinski definition) is 7. The largest absolute Gasteiger partial charge is 0.465 e. The second-order valence-electron chi connectivity index (χ2n) is 7.40. The highest BCUT2D eigenvalue weighted by Gasteiger charge is 2.46. The van der Waals surface area contributed by atoms with Crippen LogP contribution >= 0.6 is 0 Å². The van der Waals surface area contributed by atoms with E-state index in [4.69, 9.17) is 18.6 Å². The number of furan rings is 1. The highest BCUT2D eigenvalue weighted by molar-refractivity contribution is 6.01. The molecule has 0 aromatic carbocycles. The van der Waals surface area contributed by atoms with Crippen LogP contribution < -0.4 is 0 Å². The zero-order valence-electron chi connectivity index (χ0n) is 17.7. The number of carbonyl (C=O) groups is 3. The maximum atomic E-state index is 12.9. The first-order valence-corrected chi connectivity index (χ1v) is 9.79. The van der Waals surface area contributed by atoms with Gasteiger partial charge in [0.1, 0.15) is 23.0 Å². The highest BCUT2D eigenvalue weighted by Crippen LogP contribution is 2.32. The predicted octanol–water partition coefficient (Wildman–Crippen LogP) is 3.79. The zero-order valence-corrected chi connectivity index (χ0v) is 17.7. The fourth-order valence-electron chi connectivity index (χ4n) is 2.66. The molecule has 0 spiro atoms. The number of aryl methyl sites for hydroxylation is 1. The van der Waals surface area contributed by atoms with Crippen LogP contribution in [-0.4, -0.2) is 36.7 Å². The first-order valence-electron chi connectivity index (χ1n) is 9.79. The van der Waals surface area contributed by atoms with E-state index in [0.717, 1.165) is 12.8 Å². The summed E-state index contributed by atoms with van der Waals surface area (Å²) in [6.45, 7) is 10.6. The second kappa shape index (κ2) is 10.9. The van der Waals surface area contributed by atoms with Gasteiger partial charge in [-0.05, 0) is 53.2 Å². The molecule has 7 nitrogen and oxygen atoms in total. The van der Waals surface area contributed by atoms with Crippen molar-refractivity contribution < 1.29 is 33.0 Å². The van der Waals surface area contributed by atoms with Crippen molar-refractivity contribution in [2.75, 3.05) is 13.2 Å². The molecule has 0 amide bonds. The minimum absolute atomic E-state index is 0.0652. The van der Waals surface area contributed by atoms with Gasteiger partial charge in [0.15, 0.2) is 5.92 Å². The summed E-state index contributed by atoms with van der Waals surface area (Å²) in [6.07, 6.45) is 2.60. The number of ether oxygens (including phenoxy) is 3. The Labute approximate surface area is 166 Å². The Morgan fingerprint density at radius 1 is 0.964 bits per heavy atom.